The van der Waals surface area contributed by atoms with Crippen LogP contribution >= 0.6 is 0 Å². The molecule has 21 heavy (non-hydrogen) atoms. The fourth-order valence-electron chi connectivity index (χ4n) is 2.82. The van der Waals surface area contributed by atoms with Gasteiger partial charge in [0.1, 0.15) is 0 Å². The molecule has 0 radical (unpaired) electrons. The Kier molecular flexibility index (Phi) is 4.31. The summed E-state index contributed by atoms with van der Waals surface area (Å²) in [5.41, 5.74) is 3.06. The third-order valence-electron chi connectivity index (χ3n) is 3.88. The van der Waals surface area contributed by atoms with Gasteiger partial charge in [-0.1, -0.05) is 48.5 Å². The maximum atomic E-state index is 12.2. The third-order valence-corrected chi connectivity index (χ3v) is 3.88. The molecule has 3 nitrogen and oxygen atoms in total. The lowest BCUT2D eigenvalue weighted by molar-refractivity contribution is -0.116. The first-order valence-corrected chi connectivity index (χ1v) is 7.50. The van der Waals surface area contributed by atoms with E-state index in [1.165, 1.54) is 6.42 Å². The number of para-hydroxylation sites is 1. The predicted molar refractivity (Wildman–Crippen MR) is 86.1 cm³/mol. The van der Waals surface area contributed by atoms with Crippen molar-refractivity contribution in [3.05, 3.63) is 54.6 Å². The minimum Gasteiger partial charge on any atom is -0.325 e. The summed E-state index contributed by atoms with van der Waals surface area (Å²) in [7, 11) is 0. The van der Waals surface area contributed by atoms with Gasteiger partial charge in [-0.15, -0.1) is 0 Å². The minimum atomic E-state index is 0.0813. The van der Waals surface area contributed by atoms with Crippen LogP contribution in [0.15, 0.2) is 54.6 Å². The maximum absolute atomic E-state index is 12.2. The molecule has 108 valence electrons. The fraction of sp³-hybridized carbons (Fsp3) is 0.278. The van der Waals surface area contributed by atoms with E-state index in [4.69, 9.17) is 0 Å². The average Bonchev–Trinajstić information content (AvgIpc) is 3.01. The Morgan fingerprint density at radius 1 is 1.10 bits per heavy atom. The number of hydrogen-bond acceptors (Lipinski definition) is 2. The second-order valence-electron chi connectivity index (χ2n) is 5.46. The van der Waals surface area contributed by atoms with E-state index in [9.17, 15) is 4.79 Å². The number of carbonyl (C=O) groups is 1. The van der Waals surface area contributed by atoms with Crippen LogP contribution in [0.2, 0.25) is 0 Å². The summed E-state index contributed by atoms with van der Waals surface area (Å²) < 4.78 is 0. The number of nitrogens with one attached hydrogen (secondary N) is 2. The molecule has 1 fully saturated rings. The van der Waals surface area contributed by atoms with Crippen molar-refractivity contribution in [2.24, 2.45) is 0 Å². The smallest absolute Gasteiger partial charge is 0.225 e. The van der Waals surface area contributed by atoms with Gasteiger partial charge >= 0.3 is 0 Å². The number of rotatable bonds is 4. The Labute approximate surface area is 125 Å². The van der Waals surface area contributed by atoms with E-state index in [2.05, 4.69) is 22.8 Å². The molecule has 0 bridgehead atoms. The van der Waals surface area contributed by atoms with Gasteiger partial charge in [0.25, 0.3) is 0 Å². The van der Waals surface area contributed by atoms with E-state index in [1.807, 2.05) is 42.5 Å². The fourth-order valence-corrected chi connectivity index (χ4v) is 2.82. The van der Waals surface area contributed by atoms with E-state index in [0.29, 0.717) is 12.5 Å². The number of amides is 1. The second-order valence-corrected chi connectivity index (χ2v) is 5.46. The van der Waals surface area contributed by atoms with Crippen molar-refractivity contribution in [3.8, 4) is 11.1 Å². The van der Waals surface area contributed by atoms with Gasteiger partial charge in [0.2, 0.25) is 5.91 Å². The van der Waals surface area contributed by atoms with Crippen LogP contribution in [0.5, 0.6) is 0 Å². The highest BCUT2D eigenvalue weighted by molar-refractivity contribution is 5.95. The zero-order chi connectivity index (χ0) is 14.5. The number of benzene rings is 2. The second kappa shape index (κ2) is 6.55. The summed E-state index contributed by atoms with van der Waals surface area (Å²) in [6.45, 7) is 1.03. The van der Waals surface area contributed by atoms with Crippen LogP contribution in [-0.4, -0.2) is 18.5 Å². The van der Waals surface area contributed by atoms with Crippen LogP contribution in [0.4, 0.5) is 5.69 Å². The van der Waals surface area contributed by atoms with Crippen molar-refractivity contribution >= 4 is 11.6 Å². The Morgan fingerprint density at radius 2 is 1.86 bits per heavy atom. The van der Waals surface area contributed by atoms with Crippen molar-refractivity contribution in [1.29, 1.82) is 0 Å². The summed E-state index contributed by atoms with van der Waals surface area (Å²) in [5, 5.41) is 6.42. The van der Waals surface area contributed by atoms with Crippen molar-refractivity contribution in [3.63, 3.8) is 0 Å². The van der Waals surface area contributed by atoms with Gasteiger partial charge in [-0.25, -0.2) is 0 Å². The number of carbonyl (C=O) groups excluding carboxylic acids is 1. The monoisotopic (exact) mass is 280 g/mol. The van der Waals surface area contributed by atoms with E-state index >= 15 is 0 Å². The molecule has 2 aromatic rings. The van der Waals surface area contributed by atoms with E-state index < -0.39 is 0 Å². The molecule has 2 N–H and O–H groups in total. The Balaban J connectivity index is 1.74. The van der Waals surface area contributed by atoms with E-state index in [1.54, 1.807) is 0 Å². The van der Waals surface area contributed by atoms with Gasteiger partial charge in [0, 0.05) is 23.7 Å². The summed E-state index contributed by atoms with van der Waals surface area (Å²) in [6, 6.07) is 18.4. The van der Waals surface area contributed by atoms with Gasteiger partial charge in [0.05, 0.1) is 0 Å². The number of anilines is 1. The molecular formula is C18H20N2O. The minimum absolute atomic E-state index is 0.0813. The van der Waals surface area contributed by atoms with Gasteiger partial charge in [-0.05, 0) is 31.0 Å². The van der Waals surface area contributed by atoms with Crippen LogP contribution < -0.4 is 10.6 Å². The summed E-state index contributed by atoms with van der Waals surface area (Å²) in [5.74, 6) is 0.0813. The Hall–Kier alpha value is -2.13. The molecule has 3 heteroatoms. The highest BCUT2D eigenvalue weighted by Crippen LogP contribution is 2.27. The first-order chi connectivity index (χ1) is 10.3. The molecule has 0 aliphatic carbocycles. The molecule has 0 aromatic heterocycles. The van der Waals surface area contributed by atoms with Crippen molar-refractivity contribution < 1.29 is 4.79 Å². The molecule has 1 amide bonds. The standard InChI is InChI=1S/C18H20N2O/c21-18(13-15-9-6-12-19-15)20-17-11-5-4-10-16(17)14-7-2-1-3-8-14/h1-5,7-8,10-11,15,19H,6,9,12-13H2,(H,20,21). The summed E-state index contributed by atoms with van der Waals surface area (Å²) in [6.07, 6.45) is 2.80. The molecule has 0 saturated carbocycles. The topological polar surface area (TPSA) is 41.1 Å². The highest BCUT2D eigenvalue weighted by Gasteiger charge is 2.18. The molecule has 1 aliphatic rings. The van der Waals surface area contributed by atoms with Crippen LogP contribution in [0.25, 0.3) is 11.1 Å². The zero-order valence-corrected chi connectivity index (χ0v) is 12.0. The van der Waals surface area contributed by atoms with Gasteiger partial charge in [-0.3, -0.25) is 4.79 Å². The van der Waals surface area contributed by atoms with Crippen LogP contribution in [0.1, 0.15) is 19.3 Å². The van der Waals surface area contributed by atoms with Gasteiger partial charge in [0.15, 0.2) is 0 Å². The lowest BCUT2D eigenvalue weighted by atomic mass is 10.0. The van der Waals surface area contributed by atoms with Crippen molar-refractivity contribution in [2.45, 2.75) is 25.3 Å². The molecule has 1 unspecified atom stereocenters. The van der Waals surface area contributed by atoms with Gasteiger partial charge < -0.3 is 10.6 Å². The quantitative estimate of drug-likeness (QED) is 0.901. The third kappa shape index (κ3) is 3.50. The molecule has 1 heterocycles. The molecule has 1 saturated heterocycles. The van der Waals surface area contributed by atoms with E-state index in [-0.39, 0.29) is 5.91 Å². The Bertz CT molecular complexity index is 604. The van der Waals surface area contributed by atoms with Gasteiger partial charge in [-0.2, -0.15) is 0 Å². The van der Waals surface area contributed by atoms with Crippen LogP contribution in [-0.2, 0) is 4.79 Å². The lowest BCUT2D eigenvalue weighted by Crippen LogP contribution is -2.27. The first kappa shape index (κ1) is 13.8. The summed E-state index contributed by atoms with van der Waals surface area (Å²) >= 11 is 0. The molecule has 2 aromatic carbocycles. The normalized spacial score (nSPS) is 17.6. The average molecular weight is 280 g/mol. The maximum Gasteiger partial charge on any atom is 0.225 e. The van der Waals surface area contributed by atoms with Crippen molar-refractivity contribution in [2.75, 3.05) is 11.9 Å². The van der Waals surface area contributed by atoms with Crippen LogP contribution in [0.3, 0.4) is 0 Å². The predicted octanol–water partition coefficient (Wildman–Crippen LogP) is 3.43. The zero-order valence-electron chi connectivity index (χ0n) is 12.0. The summed E-state index contributed by atoms with van der Waals surface area (Å²) in [4.78, 5) is 12.2. The molecule has 3 rings (SSSR count). The largest absolute Gasteiger partial charge is 0.325 e. The SMILES string of the molecule is O=C(CC1CCCN1)Nc1ccccc1-c1ccccc1. The Morgan fingerprint density at radius 3 is 2.62 bits per heavy atom. The first-order valence-electron chi connectivity index (χ1n) is 7.50. The van der Waals surface area contributed by atoms with Crippen molar-refractivity contribution in [1.82, 2.24) is 5.32 Å². The highest BCUT2D eigenvalue weighted by atomic mass is 16.1. The number of hydrogen-bond donors (Lipinski definition) is 2. The molecule has 1 aliphatic heterocycles. The lowest BCUT2D eigenvalue weighted by Gasteiger charge is -2.13. The van der Waals surface area contributed by atoms with E-state index in [0.717, 1.165) is 29.8 Å². The van der Waals surface area contributed by atoms with Crippen LogP contribution in [0, 0.1) is 0 Å². The molecule has 0 spiro atoms. The molecular weight excluding hydrogens is 260 g/mol. The molecule has 1 atom stereocenters.